The van der Waals surface area contributed by atoms with Crippen LogP contribution in [0.25, 0.3) is 22.2 Å². The number of anilines is 2. The molecule has 0 aliphatic carbocycles. The molecule has 2 aromatic heterocycles. The molecule has 0 aliphatic rings. The van der Waals surface area contributed by atoms with E-state index in [2.05, 4.69) is 20.3 Å². The second-order valence-corrected chi connectivity index (χ2v) is 9.92. The van der Waals surface area contributed by atoms with E-state index in [9.17, 15) is 9.59 Å². The van der Waals surface area contributed by atoms with Gasteiger partial charge in [-0.1, -0.05) is 31.9 Å². The largest absolute Gasteiger partial charge is 0.497 e. The molecular formula is C30H38N6O3. The van der Waals surface area contributed by atoms with Crippen molar-refractivity contribution in [2.24, 2.45) is 0 Å². The zero-order valence-corrected chi connectivity index (χ0v) is 22.9. The van der Waals surface area contributed by atoms with Crippen LogP contribution in [0.15, 0.2) is 42.6 Å². The number of Topliss-reactive ketones (excluding diaryl/α,β-unsaturated/α-hetero) is 1. The summed E-state index contributed by atoms with van der Waals surface area (Å²) >= 11 is 0. The minimum absolute atomic E-state index is 0.102. The monoisotopic (exact) mass is 530 g/mol. The molecule has 4 rings (SSSR count). The summed E-state index contributed by atoms with van der Waals surface area (Å²) in [6.45, 7) is 3.86. The van der Waals surface area contributed by atoms with E-state index in [1.54, 1.807) is 19.4 Å². The van der Waals surface area contributed by atoms with E-state index in [-0.39, 0.29) is 24.2 Å². The Balaban J connectivity index is 1.52. The number of rotatable bonds is 13. The van der Waals surface area contributed by atoms with E-state index in [4.69, 9.17) is 16.2 Å². The fourth-order valence-electron chi connectivity index (χ4n) is 4.89. The Morgan fingerprint density at radius 1 is 1.10 bits per heavy atom. The smallest absolute Gasteiger partial charge is 0.225 e. The maximum atomic E-state index is 13.4. The number of nitrogen functional groups attached to an aromatic ring is 2. The van der Waals surface area contributed by atoms with Gasteiger partial charge < -0.3 is 31.5 Å². The highest BCUT2D eigenvalue weighted by Crippen LogP contribution is 2.31. The van der Waals surface area contributed by atoms with Crippen LogP contribution < -0.4 is 21.5 Å². The molecule has 4 aromatic rings. The number of carbonyl (C=O) groups is 2. The van der Waals surface area contributed by atoms with Gasteiger partial charge >= 0.3 is 0 Å². The number of H-pyrrole nitrogens is 2. The zero-order chi connectivity index (χ0) is 27.9. The van der Waals surface area contributed by atoms with Gasteiger partial charge in [0.05, 0.1) is 42.8 Å². The van der Waals surface area contributed by atoms with Crippen LogP contribution in [0, 0.1) is 6.92 Å². The van der Waals surface area contributed by atoms with E-state index in [1.165, 1.54) is 0 Å². The minimum Gasteiger partial charge on any atom is -0.497 e. The highest BCUT2D eigenvalue weighted by atomic mass is 16.5. The van der Waals surface area contributed by atoms with E-state index in [0.29, 0.717) is 36.5 Å². The van der Waals surface area contributed by atoms with Gasteiger partial charge in [-0.05, 0) is 49.6 Å². The van der Waals surface area contributed by atoms with E-state index in [0.717, 1.165) is 58.4 Å². The van der Waals surface area contributed by atoms with Gasteiger partial charge in [-0.3, -0.25) is 9.59 Å². The first-order chi connectivity index (χ1) is 18.8. The third kappa shape index (κ3) is 6.60. The van der Waals surface area contributed by atoms with Crippen LogP contribution in [-0.4, -0.2) is 33.8 Å². The first-order valence-corrected chi connectivity index (χ1v) is 13.5. The van der Waals surface area contributed by atoms with Gasteiger partial charge in [0.15, 0.2) is 0 Å². The van der Waals surface area contributed by atoms with Crippen LogP contribution in [0.3, 0.4) is 0 Å². The number of nitrogens with one attached hydrogen (secondary N) is 3. The number of para-hydroxylation sites is 1. The number of ketones is 1. The Labute approximate surface area is 228 Å². The molecule has 2 heterocycles. The molecule has 2 aromatic carbocycles. The number of aromatic nitrogens is 3. The standard InChI is InChI=1S/C30H38N6O3/c1-4-19(37)9-6-5-7-12-26(30-33-17-27(36-30)21-10-8-11-24(31)29(21)32)35-28(38)16-22-18(2)34-25-14-13-20(39-3)15-23(22)25/h8,10-11,13-15,17,26,34H,4-7,9,12,16,31-32H2,1-3H3,(H,33,36)(H,35,38)/t26-/m0/s1. The summed E-state index contributed by atoms with van der Waals surface area (Å²) in [6, 6.07) is 11.0. The number of aromatic amines is 2. The Morgan fingerprint density at radius 2 is 1.92 bits per heavy atom. The van der Waals surface area contributed by atoms with Crippen LogP contribution >= 0.6 is 0 Å². The molecule has 9 nitrogen and oxygen atoms in total. The predicted molar refractivity (Wildman–Crippen MR) is 155 cm³/mol. The predicted octanol–water partition coefficient (Wildman–Crippen LogP) is 5.37. The van der Waals surface area contributed by atoms with Gasteiger partial charge in [0.1, 0.15) is 17.4 Å². The Kier molecular flexibility index (Phi) is 8.91. The van der Waals surface area contributed by atoms with Crippen molar-refractivity contribution in [3.8, 4) is 17.0 Å². The highest BCUT2D eigenvalue weighted by molar-refractivity contribution is 5.91. The first kappa shape index (κ1) is 27.8. The third-order valence-electron chi connectivity index (χ3n) is 7.20. The number of nitrogens with two attached hydrogens (primary N) is 2. The molecule has 0 aliphatic heterocycles. The number of carbonyl (C=O) groups excluding carboxylic acids is 2. The molecule has 0 unspecified atom stereocenters. The van der Waals surface area contributed by atoms with Crippen molar-refractivity contribution in [2.45, 2.75) is 64.8 Å². The number of imidazole rings is 1. The maximum absolute atomic E-state index is 13.4. The zero-order valence-electron chi connectivity index (χ0n) is 22.9. The number of ether oxygens (including phenoxy) is 1. The van der Waals surface area contributed by atoms with Crippen LogP contribution in [0.4, 0.5) is 11.4 Å². The average Bonchev–Trinajstić information content (AvgIpc) is 3.53. The molecule has 0 saturated heterocycles. The molecule has 0 fully saturated rings. The number of amides is 1. The average molecular weight is 531 g/mol. The molecule has 206 valence electrons. The Hall–Kier alpha value is -4.27. The van der Waals surface area contributed by atoms with E-state index in [1.807, 2.05) is 44.2 Å². The first-order valence-electron chi connectivity index (χ1n) is 13.5. The lowest BCUT2D eigenvalue weighted by atomic mass is 10.0. The second kappa shape index (κ2) is 12.5. The van der Waals surface area contributed by atoms with E-state index >= 15 is 0 Å². The van der Waals surface area contributed by atoms with Crippen LogP contribution in [0.1, 0.15) is 68.6 Å². The summed E-state index contributed by atoms with van der Waals surface area (Å²) < 4.78 is 5.39. The molecule has 0 spiro atoms. The summed E-state index contributed by atoms with van der Waals surface area (Å²) in [5.74, 6) is 1.57. The number of unbranched alkanes of at least 4 members (excludes halogenated alkanes) is 2. The van der Waals surface area contributed by atoms with Gasteiger partial charge in [-0.25, -0.2) is 4.98 Å². The molecule has 0 bridgehead atoms. The molecular weight excluding hydrogens is 492 g/mol. The lowest BCUT2D eigenvalue weighted by Gasteiger charge is -2.17. The van der Waals surface area contributed by atoms with Crippen molar-refractivity contribution in [1.29, 1.82) is 0 Å². The van der Waals surface area contributed by atoms with Crippen molar-refractivity contribution < 1.29 is 14.3 Å². The number of hydrogen-bond donors (Lipinski definition) is 5. The summed E-state index contributed by atoms with van der Waals surface area (Å²) in [7, 11) is 1.63. The molecule has 0 saturated carbocycles. The maximum Gasteiger partial charge on any atom is 0.225 e. The van der Waals surface area contributed by atoms with Crippen LogP contribution in [0.2, 0.25) is 0 Å². The third-order valence-corrected chi connectivity index (χ3v) is 7.20. The quantitative estimate of drug-likeness (QED) is 0.116. The highest BCUT2D eigenvalue weighted by Gasteiger charge is 2.21. The van der Waals surface area contributed by atoms with Crippen molar-refractivity contribution >= 4 is 34.0 Å². The Bertz CT molecular complexity index is 1450. The van der Waals surface area contributed by atoms with Gasteiger partial charge in [0.2, 0.25) is 5.91 Å². The lowest BCUT2D eigenvalue weighted by molar-refractivity contribution is -0.121. The van der Waals surface area contributed by atoms with Gasteiger partial charge in [0, 0.05) is 35.0 Å². The Morgan fingerprint density at radius 3 is 2.69 bits per heavy atom. The summed E-state index contributed by atoms with van der Waals surface area (Å²) in [5, 5.41) is 4.16. The molecule has 9 heteroatoms. The minimum atomic E-state index is -0.324. The van der Waals surface area contributed by atoms with Crippen molar-refractivity contribution in [3.63, 3.8) is 0 Å². The van der Waals surface area contributed by atoms with Gasteiger partial charge in [0.25, 0.3) is 0 Å². The van der Waals surface area contributed by atoms with Crippen molar-refractivity contribution in [2.75, 3.05) is 18.6 Å². The van der Waals surface area contributed by atoms with Crippen LogP contribution in [0.5, 0.6) is 5.75 Å². The fraction of sp³-hybridized carbons (Fsp3) is 0.367. The van der Waals surface area contributed by atoms with Crippen molar-refractivity contribution in [1.82, 2.24) is 20.3 Å². The molecule has 1 atom stereocenters. The molecule has 7 N–H and O–H groups in total. The van der Waals surface area contributed by atoms with E-state index < -0.39 is 0 Å². The topological polar surface area (TPSA) is 152 Å². The van der Waals surface area contributed by atoms with Crippen LogP contribution in [-0.2, 0) is 16.0 Å². The summed E-state index contributed by atoms with van der Waals surface area (Å²) in [6.07, 6.45) is 6.37. The van der Waals surface area contributed by atoms with Gasteiger partial charge in [-0.2, -0.15) is 0 Å². The number of benzene rings is 2. The number of aryl methyl sites for hydroxylation is 1. The normalized spacial score (nSPS) is 12.0. The number of fused-ring (bicyclic) bond motifs is 1. The fourth-order valence-corrected chi connectivity index (χ4v) is 4.89. The molecule has 1 amide bonds. The molecule has 0 radical (unpaired) electrons. The SMILES string of the molecule is CCC(=O)CCCCC[C@H](NC(=O)Cc1c(C)[nH]c2ccc(OC)cc12)c1ncc(-c2cccc(N)c2N)[nH]1. The lowest BCUT2D eigenvalue weighted by Crippen LogP contribution is -2.30. The molecule has 39 heavy (non-hydrogen) atoms. The summed E-state index contributed by atoms with van der Waals surface area (Å²) in [5.41, 5.74) is 17.5. The number of nitrogens with zero attached hydrogens (tertiary/aromatic N) is 1. The second-order valence-electron chi connectivity index (χ2n) is 9.92. The number of hydrogen-bond acceptors (Lipinski definition) is 6. The number of methoxy groups -OCH3 is 1. The summed E-state index contributed by atoms with van der Waals surface area (Å²) in [4.78, 5) is 36.3. The van der Waals surface area contributed by atoms with Crippen molar-refractivity contribution in [3.05, 3.63) is 59.7 Å². The van der Waals surface area contributed by atoms with Gasteiger partial charge in [-0.15, -0.1) is 0 Å².